The molecule has 3 nitrogen and oxygen atoms in total. The van der Waals surface area contributed by atoms with Gasteiger partial charge in [0.05, 0.1) is 18.7 Å². The Morgan fingerprint density at radius 3 is 2.36 bits per heavy atom. The maximum Gasteiger partial charge on any atom is 0.0750 e. The predicted molar refractivity (Wildman–Crippen MR) is 43.9 cm³/mol. The SMILES string of the molecule is CN1CCCN(C)C1CC#N. The first-order chi connectivity index (χ1) is 5.25. The van der Waals surface area contributed by atoms with Crippen LogP contribution in [0, 0.1) is 11.3 Å². The Bertz CT molecular complexity index is 151. The number of nitriles is 1. The summed E-state index contributed by atoms with van der Waals surface area (Å²) in [5, 5.41) is 8.55. The second-order valence-corrected chi connectivity index (χ2v) is 3.16. The Morgan fingerprint density at radius 1 is 1.36 bits per heavy atom. The average molecular weight is 153 g/mol. The van der Waals surface area contributed by atoms with Crippen LogP contribution >= 0.6 is 0 Å². The van der Waals surface area contributed by atoms with Crippen LogP contribution in [0.1, 0.15) is 12.8 Å². The van der Waals surface area contributed by atoms with Gasteiger partial charge in [0.1, 0.15) is 0 Å². The van der Waals surface area contributed by atoms with Crippen molar-refractivity contribution >= 4 is 0 Å². The number of nitrogens with zero attached hydrogens (tertiary/aromatic N) is 3. The molecule has 0 N–H and O–H groups in total. The number of rotatable bonds is 1. The van der Waals surface area contributed by atoms with Crippen LogP contribution < -0.4 is 0 Å². The van der Waals surface area contributed by atoms with Crippen molar-refractivity contribution in [3.8, 4) is 6.07 Å². The van der Waals surface area contributed by atoms with E-state index in [4.69, 9.17) is 5.26 Å². The van der Waals surface area contributed by atoms with Gasteiger partial charge in [0.2, 0.25) is 0 Å². The fourth-order valence-electron chi connectivity index (χ4n) is 1.60. The Hall–Kier alpha value is -0.590. The van der Waals surface area contributed by atoms with Crippen molar-refractivity contribution in [1.82, 2.24) is 9.80 Å². The molecule has 1 aliphatic heterocycles. The minimum Gasteiger partial charge on any atom is -0.290 e. The molecule has 1 fully saturated rings. The first-order valence-corrected chi connectivity index (χ1v) is 4.03. The first-order valence-electron chi connectivity index (χ1n) is 4.03. The van der Waals surface area contributed by atoms with Crippen LogP contribution in [-0.4, -0.2) is 43.2 Å². The normalized spacial score (nSPS) is 23.4. The molecule has 0 unspecified atom stereocenters. The van der Waals surface area contributed by atoms with Crippen molar-refractivity contribution in [2.75, 3.05) is 27.2 Å². The van der Waals surface area contributed by atoms with Crippen LogP contribution in [-0.2, 0) is 0 Å². The van der Waals surface area contributed by atoms with Crippen LogP contribution in [0.15, 0.2) is 0 Å². The molecule has 1 saturated heterocycles. The summed E-state index contributed by atoms with van der Waals surface area (Å²) in [7, 11) is 4.16. The Labute approximate surface area is 68.2 Å². The van der Waals surface area contributed by atoms with Gasteiger partial charge in [-0.25, -0.2) is 0 Å². The van der Waals surface area contributed by atoms with Crippen molar-refractivity contribution in [3.63, 3.8) is 0 Å². The molecule has 0 saturated carbocycles. The molecule has 0 radical (unpaired) electrons. The van der Waals surface area contributed by atoms with E-state index >= 15 is 0 Å². The fourth-order valence-corrected chi connectivity index (χ4v) is 1.60. The fraction of sp³-hybridized carbons (Fsp3) is 0.875. The molecule has 0 aliphatic carbocycles. The van der Waals surface area contributed by atoms with Gasteiger partial charge in [-0.05, 0) is 20.5 Å². The molecule has 3 heteroatoms. The highest BCUT2D eigenvalue weighted by molar-refractivity contribution is 4.83. The average Bonchev–Trinajstić information content (AvgIpc) is 1.97. The van der Waals surface area contributed by atoms with Crippen LogP contribution in [0.3, 0.4) is 0 Å². The lowest BCUT2D eigenvalue weighted by molar-refractivity contribution is 0.0458. The standard InChI is InChI=1S/C8H15N3/c1-10-6-3-7-11(2)8(10)4-5-9/h8H,3-4,6-7H2,1-2H3. The highest BCUT2D eigenvalue weighted by Gasteiger charge is 2.22. The van der Waals surface area contributed by atoms with E-state index in [0.717, 1.165) is 13.1 Å². The van der Waals surface area contributed by atoms with Crippen LogP contribution in [0.25, 0.3) is 0 Å². The second-order valence-electron chi connectivity index (χ2n) is 3.16. The van der Waals surface area contributed by atoms with E-state index in [-0.39, 0.29) is 0 Å². The molecule has 62 valence electrons. The van der Waals surface area contributed by atoms with Crippen molar-refractivity contribution in [2.45, 2.75) is 19.0 Å². The summed E-state index contributed by atoms with van der Waals surface area (Å²) in [4.78, 5) is 4.49. The highest BCUT2D eigenvalue weighted by Crippen LogP contribution is 2.12. The van der Waals surface area contributed by atoms with Crippen molar-refractivity contribution in [2.24, 2.45) is 0 Å². The van der Waals surface area contributed by atoms with E-state index in [0.29, 0.717) is 12.6 Å². The summed E-state index contributed by atoms with van der Waals surface area (Å²) < 4.78 is 0. The van der Waals surface area contributed by atoms with Gasteiger partial charge in [-0.1, -0.05) is 0 Å². The number of hydrogen-bond donors (Lipinski definition) is 0. The minimum absolute atomic E-state index is 0.341. The third-order valence-electron chi connectivity index (χ3n) is 2.31. The van der Waals surface area contributed by atoms with Crippen LogP contribution in [0.4, 0.5) is 0 Å². The third-order valence-corrected chi connectivity index (χ3v) is 2.31. The van der Waals surface area contributed by atoms with Gasteiger partial charge in [-0.15, -0.1) is 0 Å². The second kappa shape index (κ2) is 3.70. The van der Waals surface area contributed by atoms with Gasteiger partial charge < -0.3 is 0 Å². The molecular weight excluding hydrogens is 138 g/mol. The summed E-state index contributed by atoms with van der Waals surface area (Å²) >= 11 is 0. The van der Waals surface area contributed by atoms with E-state index in [9.17, 15) is 0 Å². The molecule has 1 aliphatic rings. The lowest BCUT2D eigenvalue weighted by Gasteiger charge is -2.38. The Kier molecular flexibility index (Phi) is 2.86. The van der Waals surface area contributed by atoms with E-state index in [1.165, 1.54) is 6.42 Å². The zero-order valence-corrected chi connectivity index (χ0v) is 7.25. The molecule has 0 aromatic heterocycles. The van der Waals surface area contributed by atoms with E-state index < -0.39 is 0 Å². The monoisotopic (exact) mass is 153 g/mol. The summed E-state index contributed by atoms with van der Waals surface area (Å²) in [5.41, 5.74) is 0. The predicted octanol–water partition coefficient (Wildman–Crippen LogP) is 0.493. The highest BCUT2D eigenvalue weighted by atomic mass is 15.3. The molecule has 1 rings (SSSR count). The van der Waals surface area contributed by atoms with Crippen LogP contribution in [0.2, 0.25) is 0 Å². The summed E-state index contributed by atoms with van der Waals surface area (Å²) in [5.74, 6) is 0. The lowest BCUT2D eigenvalue weighted by atomic mass is 10.2. The maximum absolute atomic E-state index is 8.55. The molecule has 0 aromatic rings. The molecule has 0 bridgehead atoms. The summed E-state index contributed by atoms with van der Waals surface area (Å²) in [6.45, 7) is 2.24. The van der Waals surface area contributed by atoms with Gasteiger partial charge in [0.15, 0.2) is 0 Å². The van der Waals surface area contributed by atoms with E-state index in [1.807, 2.05) is 0 Å². The first kappa shape index (κ1) is 8.51. The van der Waals surface area contributed by atoms with Crippen LogP contribution in [0.5, 0.6) is 0 Å². The Balaban J connectivity index is 2.49. The van der Waals surface area contributed by atoms with Gasteiger partial charge in [-0.3, -0.25) is 9.80 Å². The number of hydrogen-bond acceptors (Lipinski definition) is 3. The van der Waals surface area contributed by atoms with E-state index in [2.05, 4.69) is 30.0 Å². The Morgan fingerprint density at radius 2 is 1.91 bits per heavy atom. The minimum atomic E-state index is 0.341. The van der Waals surface area contributed by atoms with Gasteiger partial charge >= 0.3 is 0 Å². The zero-order chi connectivity index (χ0) is 8.27. The largest absolute Gasteiger partial charge is 0.290 e. The third kappa shape index (κ3) is 1.92. The molecule has 1 heterocycles. The molecule has 0 spiro atoms. The smallest absolute Gasteiger partial charge is 0.0750 e. The topological polar surface area (TPSA) is 30.3 Å². The molecular formula is C8H15N3. The van der Waals surface area contributed by atoms with Crippen molar-refractivity contribution in [3.05, 3.63) is 0 Å². The molecule has 11 heavy (non-hydrogen) atoms. The van der Waals surface area contributed by atoms with Crippen molar-refractivity contribution < 1.29 is 0 Å². The lowest BCUT2D eigenvalue weighted by Crippen LogP contribution is -2.49. The molecule has 0 atom stereocenters. The van der Waals surface area contributed by atoms with E-state index in [1.54, 1.807) is 0 Å². The summed E-state index contributed by atoms with van der Waals surface area (Å²) in [6.07, 6.45) is 2.18. The molecule has 0 amide bonds. The van der Waals surface area contributed by atoms with Gasteiger partial charge in [-0.2, -0.15) is 5.26 Å². The summed E-state index contributed by atoms with van der Waals surface area (Å²) in [6, 6.07) is 2.21. The quantitative estimate of drug-likeness (QED) is 0.549. The zero-order valence-electron chi connectivity index (χ0n) is 7.25. The van der Waals surface area contributed by atoms with Gasteiger partial charge in [0.25, 0.3) is 0 Å². The van der Waals surface area contributed by atoms with Crippen molar-refractivity contribution in [1.29, 1.82) is 5.26 Å². The van der Waals surface area contributed by atoms with Gasteiger partial charge in [0, 0.05) is 13.1 Å². The molecule has 0 aromatic carbocycles. The maximum atomic E-state index is 8.55.